The van der Waals surface area contributed by atoms with Gasteiger partial charge in [-0.1, -0.05) is 12.1 Å². The van der Waals surface area contributed by atoms with Crippen LogP contribution in [0.4, 0.5) is 5.69 Å². The fraction of sp³-hybridized carbons (Fsp3) is 0.250. The molecule has 0 atom stereocenters. The number of nitrogens with zero attached hydrogens (tertiary/aromatic N) is 8. The Morgan fingerprint density at radius 3 is 2.87 bits per heavy atom. The highest BCUT2D eigenvalue weighted by molar-refractivity contribution is 5.91. The first-order chi connectivity index (χ1) is 14.5. The molecular formula is C20H19N9O. The minimum Gasteiger partial charge on any atom is -0.326 e. The Labute approximate surface area is 172 Å². The van der Waals surface area contributed by atoms with Gasteiger partial charge in [-0.05, 0) is 48.4 Å². The second kappa shape index (κ2) is 7.71. The number of benzene rings is 1. The molecule has 0 spiro atoms. The topological polar surface area (TPSA) is 127 Å². The van der Waals surface area contributed by atoms with Crippen molar-refractivity contribution in [1.29, 1.82) is 5.26 Å². The van der Waals surface area contributed by atoms with Crippen LogP contribution in [0.3, 0.4) is 0 Å². The Bertz CT molecular complexity index is 1300. The Morgan fingerprint density at radius 1 is 1.30 bits per heavy atom. The molecular weight excluding hydrogens is 382 g/mol. The number of anilines is 1. The summed E-state index contributed by atoms with van der Waals surface area (Å²) in [6.07, 6.45) is 2.31. The fourth-order valence-electron chi connectivity index (χ4n) is 3.42. The highest BCUT2D eigenvalue weighted by atomic mass is 16.1. The SMILES string of the molecule is Cc1nc2c(C#N)cnn2c(C)c1CCC(=O)Nc1cccc(-c2nnnn2C)c1. The standard InChI is InChI=1S/C20H19N9O/c1-12-17(13(2)29-19(23-12)15(10-21)11-22-29)7-8-18(30)24-16-6-4-5-14(9-16)20-25-26-27-28(20)3/h4-6,9,11H,7-8H2,1-3H3,(H,24,30). The van der Waals surface area contributed by atoms with Crippen LogP contribution in [-0.2, 0) is 18.3 Å². The molecule has 0 aliphatic carbocycles. The zero-order valence-electron chi connectivity index (χ0n) is 16.8. The van der Waals surface area contributed by atoms with Gasteiger partial charge in [-0.15, -0.1) is 5.10 Å². The van der Waals surface area contributed by atoms with Gasteiger partial charge in [0.15, 0.2) is 11.5 Å². The molecule has 3 aromatic heterocycles. The van der Waals surface area contributed by atoms with Gasteiger partial charge >= 0.3 is 0 Å². The molecule has 3 heterocycles. The van der Waals surface area contributed by atoms with Crippen LogP contribution in [0.5, 0.6) is 0 Å². The summed E-state index contributed by atoms with van der Waals surface area (Å²) in [5.41, 5.74) is 5.08. The Morgan fingerprint density at radius 2 is 2.13 bits per heavy atom. The smallest absolute Gasteiger partial charge is 0.224 e. The highest BCUT2D eigenvalue weighted by Crippen LogP contribution is 2.21. The lowest BCUT2D eigenvalue weighted by atomic mass is 10.1. The number of carbonyl (C=O) groups excluding carboxylic acids is 1. The molecule has 1 N–H and O–H groups in total. The summed E-state index contributed by atoms with van der Waals surface area (Å²) in [5.74, 6) is 0.507. The maximum atomic E-state index is 12.5. The van der Waals surface area contributed by atoms with Gasteiger partial charge in [-0.2, -0.15) is 10.4 Å². The molecule has 0 saturated heterocycles. The van der Waals surface area contributed by atoms with Crippen LogP contribution in [0.1, 0.15) is 28.9 Å². The predicted octanol–water partition coefficient (Wildman–Crippen LogP) is 1.98. The van der Waals surface area contributed by atoms with Crippen molar-refractivity contribution in [3.05, 3.63) is 53.0 Å². The van der Waals surface area contributed by atoms with Crippen LogP contribution in [0.25, 0.3) is 17.0 Å². The lowest BCUT2D eigenvalue weighted by molar-refractivity contribution is -0.116. The van der Waals surface area contributed by atoms with Crippen LogP contribution >= 0.6 is 0 Å². The van der Waals surface area contributed by atoms with Crippen molar-refractivity contribution in [3.63, 3.8) is 0 Å². The minimum atomic E-state index is -0.111. The third-order valence-electron chi connectivity index (χ3n) is 4.96. The number of hydrogen-bond donors (Lipinski definition) is 1. The number of nitrogens with one attached hydrogen (secondary N) is 1. The summed E-state index contributed by atoms with van der Waals surface area (Å²) in [6.45, 7) is 3.80. The van der Waals surface area contributed by atoms with Crippen molar-refractivity contribution in [1.82, 2.24) is 34.8 Å². The van der Waals surface area contributed by atoms with Crippen LogP contribution in [0.2, 0.25) is 0 Å². The minimum absolute atomic E-state index is 0.111. The Hall–Kier alpha value is -4.13. The molecule has 30 heavy (non-hydrogen) atoms. The number of hydrogen-bond acceptors (Lipinski definition) is 7. The van der Waals surface area contributed by atoms with Crippen molar-refractivity contribution in [2.24, 2.45) is 7.05 Å². The summed E-state index contributed by atoms with van der Waals surface area (Å²) >= 11 is 0. The first-order valence-electron chi connectivity index (χ1n) is 9.34. The summed E-state index contributed by atoms with van der Waals surface area (Å²) in [7, 11) is 1.76. The average Bonchev–Trinajstić information content (AvgIpc) is 3.33. The van der Waals surface area contributed by atoms with E-state index in [1.165, 1.54) is 6.20 Å². The van der Waals surface area contributed by atoms with Gasteiger partial charge in [-0.3, -0.25) is 4.79 Å². The lowest BCUT2D eigenvalue weighted by Crippen LogP contribution is -2.14. The molecule has 0 saturated carbocycles. The second-order valence-electron chi connectivity index (χ2n) is 6.92. The van der Waals surface area contributed by atoms with Gasteiger partial charge < -0.3 is 5.32 Å². The van der Waals surface area contributed by atoms with E-state index in [1.807, 2.05) is 38.1 Å². The van der Waals surface area contributed by atoms with Gasteiger partial charge in [0, 0.05) is 36.1 Å². The van der Waals surface area contributed by atoms with E-state index in [2.05, 4.69) is 37.0 Å². The van der Waals surface area contributed by atoms with Crippen molar-refractivity contribution in [2.45, 2.75) is 26.7 Å². The number of amides is 1. The van der Waals surface area contributed by atoms with Gasteiger partial charge in [-0.25, -0.2) is 14.2 Å². The number of aromatic nitrogens is 7. The zero-order chi connectivity index (χ0) is 21.3. The van der Waals surface area contributed by atoms with Gasteiger partial charge in [0.05, 0.1) is 6.20 Å². The summed E-state index contributed by atoms with van der Waals surface area (Å²) in [4.78, 5) is 17.0. The van der Waals surface area contributed by atoms with Crippen molar-refractivity contribution >= 4 is 17.2 Å². The number of nitriles is 1. The monoisotopic (exact) mass is 401 g/mol. The van der Waals surface area contributed by atoms with E-state index in [1.54, 1.807) is 16.2 Å². The molecule has 1 amide bonds. The first-order valence-corrected chi connectivity index (χ1v) is 9.34. The van der Waals surface area contributed by atoms with Gasteiger partial charge in [0.1, 0.15) is 11.6 Å². The average molecular weight is 401 g/mol. The molecule has 4 rings (SSSR count). The second-order valence-corrected chi connectivity index (χ2v) is 6.92. The molecule has 0 unspecified atom stereocenters. The van der Waals surface area contributed by atoms with E-state index < -0.39 is 0 Å². The van der Waals surface area contributed by atoms with Crippen LogP contribution in [0, 0.1) is 25.2 Å². The number of rotatable bonds is 5. The molecule has 0 aliphatic heterocycles. The highest BCUT2D eigenvalue weighted by Gasteiger charge is 2.15. The molecule has 4 aromatic rings. The number of carbonyl (C=O) groups is 1. The molecule has 0 fully saturated rings. The van der Waals surface area contributed by atoms with Crippen molar-refractivity contribution in [3.8, 4) is 17.5 Å². The van der Waals surface area contributed by atoms with E-state index in [9.17, 15) is 10.1 Å². The molecule has 0 aliphatic rings. The van der Waals surface area contributed by atoms with Gasteiger partial charge in [0.25, 0.3) is 0 Å². The zero-order valence-corrected chi connectivity index (χ0v) is 16.8. The first kappa shape index (κ1) is 19.2. The van der Waals surface area contributed by atoms with E-state index in [-0.39, 0.29) is 12.3 Å². The third-order valence-corrected chi connectivity index (χ3v) is 4.96. The van der Waals surface area contributed by atoms with E-state index in [0.29, 0.717) is 29.1 Å². The largest absolute Gasteiger partial charge is 0.326 e. The number of fused-ring (bicyclic) bond motifs is 1. The summed E-state index contributed by atoms with van der Waals surface area (Å²) in [5, 5.41) is 27.8. The molecule has 1 aromatic carbocycles. The van der Waals surface area contributed by atoms with Crippen molar-refractivity contribution in [2.75, 3.05) is 5.32 Å². The van der Waals surface area contributed by atoms with E-state index in [0.717, 1.165) is 22.5 Å². The van der Waals surface area contributed by atoms with E-state index >= 15 is 0 Å². The predicted molar refractivity (Wildman–Crippen MR) is 108 cm³/mol. The normalized spacial score (nSPS) is 10.9. The van der Waals surface area contributed by atoms with Crippen LogP contribution < -0.4 is 5.32 Å². The maximum Gasteiger partial charge on any atom is 0.224 e. The fourth-order valence-corrected chi connectivity index (χ4v) is 3.42. The number of tetrazole rings is 1. The van der Waals surface area contributed by atoms with E-state index in [4.69, 9.17) is 0 Å². The summed E-state index contributed by atoms with van der Waals surface area (Å²) in [6, 6.07) is 9.48. The van der Waals surface area contributed by atoms with Crippen molar-refractivity contribution < 1.29 is 4.79 Å². The van der Waals surface area contributed by atoms with Gasteiger partial charge in [0.2, 0.25) is 5.91 Å². The molecule has 150 valence electrons. The molecule has 0 radical (unpaired) electrons. The number of aryl methyl sites for hydroxylation is 3. The van der Waals surface area contributed by atoms with Crippen LogP contribution in [-0.4, -0.2) is 40.7 Å². The van der Waals surface area contributed by atoms with Crippen LogP contribution in [0.15, 0.2) is 30.5 Å². The Kier molecular flexibility index (Phi) is 4.93. The lowest BCUT2D eigenvalue weighted by Gasteiger charge is -2.11. The maximum absolute atomic E-state index is 12.5. The molecule has 10 heteroatoms. The third kappa shape index (κ3) is 3.48. The summed E-state index contributed by atoms with van der Waals surface area (Å²) < 4.78 is 3.22. The quantitative estimate of drug-likeness (QED) is 0.542. The molecule has 0 bridgehead atoms. The molecule has 10 nitrogen and oxygen atoms in total. The Balaban J connectivity index is 1.48.